The summed E-state index contributed by atoms with van der Waals surface area (Å²) in [5.74, 6) is 1.66. The second-order valence-electron chi connectivity index (χ2n) is 3.66. The van der Waals surface area contributed by atoms with Gasteiger partial charge in [0.1, 0.15) is 11.5 Å². The van der Waals surface area contributed by atoms with Crippen LogP contribution in [0.4, 0.5) is 0 Å². The van der Waals surface area contributed by atoms with E-state index in [0.29, 0.717) is 13.1 Å². The SMILES string of the molecule is COc1cccc(OC)c1CNC(C)CN. The lowest BCUT2D eigenvalue weighted by Gasteiger charge is -2.16. The molecule has 1 aromatic rings. The van der Waals surface area contributed by atoms with Crippen molar-refractivity contribution in [2.45, 2.75) is 19.5 Å². The zero-order chi connectivity index (χ0) is 12.0. The maximum atomic E-state index is 5.55. The molecular formula is C12H20N2O2. The van der Waals surface area contributed by atoms with E-state index in [-0.39, 0.29) is 6.04 Å². The number of hydrogen-bond acceptors (Lipinski definition) is 4. The van der Waals surface area contributed by atoms with Crippen LogP contribution in [0.2, 0.25) is 0 Å². The van der Waals surface area contributed by atoms with Crippen molar-refractivity contribution in [1.29, 1.82) is 0 Å². The molecule has 90 valence electrons. The average molecular weight is 224 g/mol. The van der Waals surface area contributed by atoms with Gasteiger partial charge >= 0.3 is 0 Å². The van der Waals surface area contributed by atoms with E-state index >= 15 is 0 Å². The Kier molecular flexibility index (Phi) is 5.08. The molecular weight excluding hydrogens is 204 g/mol. The third-order valence-corrected chi connectivity index (χ3v) is 2.51. The zero-order valence-corrected chi connectivity index (χ0v) is 10.1. The van der Waals surface area contributed by atoms with Gasteiger partial charge in [0, 0.05) is 24.7 Å². The second kappa shape index (κ2) is 6.35. The van der Waals surface area contributed by atoms with Gasteiger partial charge in [-0.1, -0.05) is 6.07 Å². The van der Waals surface area contributed by atoms with E-state index in [2.05, 4.69) is 5.32 Å². The van der Waals surface area contributed by atoms with Gasteiger partial charge in [0.15, 0.2) is 0 Å². The number of methoxy groups -OCH3 is 2. The summed E-state index contributed by atoms with van der Waals surface area (Å²) in [6.07, 6.45) is 0. The molecule has 1 rings (SSSR count). The number of nitrogens with two attached hydrogens (primary N) is 1. The van der Waals surface area contributed by atoms with Gasteiger partial charge in [-0.25, -0.2) is 0 Å². The molecule has 3 N–H and O–H groups in total. The minimum Gasteiger partial charge on any atom is -0.496 e. The van der Waals surface area contributed by atoms with E-state index in [1.54, 1.807) is 14.2 Å². The first kappa shape index (κ1) is 12.8. The van der Waals surface area contributed by atoms with Crippen molar-refractivity contribution in [2.75, 3.05) is 20.8 Å². The van der Waals surface area contributed by atoms with Crippen LogP contribution in [0.1, 0.15) is 12.5 Å². The Hall–Kier alpha value is -1.26. The molecule has 0 spiro atoms. The van der Waals surface area contributed by atoms with Gasteiger partial charge in [-0.2, -0.15) is 0 Å². The molecule has 1 unspecified atom stereocenters. The van der Waals surface area contributed by atoms with Crippen molar-refractivity contribution in [1.82, 2.24) is 5.32 Å². The molecule has 0 aliphatic heterocycles. The standard InChI is InChI=1S/C12H20N2O2/c1-9(7-13)14-8-10-11(15-2)5-4-6-12(10)16-3/h4-6,9,14H,7-8,13H2,1-3H3. The fourth-order valence-corrected chi connectivity index (χ4v) is 1.46. The molecule has 0 saturated carbocycles. The van der Waals surface area contributed by atoms with Crippen LogP contribution in [0.25, 0.3) is 0 Å². The second-order valence-corrected chi connectivity index (χ2v) is 3.66. The average Bonchev–Trinajstić information content (AvgIpc) is 2.35. The first-order valence-corrected chi connectivity index (χ1v) is 5.36. The molecule has 0 aliphatic rings. The molecule has 1 atom stereocenters. The van der Waals surface area contributed by atoms with Gasteiger partial charge in [-0.3, -0.25) is 0 Å². The van der Waals surface area contributed by atoms with Crippen molar-refractivity contribution in [3.8, 4) is 11.5 Å². The largest absolute Gasteiger partial charge is 0.496 e. The Morgan fingerprint density at radius 2 is 1.81 bits per heavy atom. The maximum absolute atomic E-state index is 5.55. The quantitative estimate of drug-likeness (QED) is 0.761. The maximum Gasteiger partial charge on any atom is 0.127 e. The summed E-state index contributed by atoms with van der Waals surface area (Å²) in [6.45, 7) is 3.34. The lowest BCUT2D eigenvalue weighted by Crippen LogP contribution is -2.32. The van der Waals surface area contributed by atoms with Gasteiger partial charge in [-0.05, 0) is 19.1 Å². The van der Waals surface area contributed by atoms with Gasteiger partial charge in [0.05, 0.1) is 14.2 Å². The fourth-order valence-electron chi connectivity index (χ4n) is 1.46. The number of ether oxygens (including phenoxy) is 2. The van der Waals surface area contributed by atoms with Crippen molar-refractivity contribution in [3.05, 3.63) is 23.8 Å². The van der Waals surface area contributed by atoms with Crippen molar-refractivity contribution < 1.29 is 9.47 Å². The molecule has 0 aliphatic carbocycles. The lowest BCUT2D eigenvalue weighted by molar-refractivity contribution is 0.380. The molecule has 0 heterocycles. The summed E-state index contributed by atoms with van der Waals surface area (Å²) < 4.78 is 10.6. The third kappa shape index (κ3) is 3.12. The minimum absolute atomic E-state index is 0.273. The first-order chi connectivity index (χ1) is 7.72. The van der Waals surface area contributed by atoms with Crippen LogP contribution >= 0.6 is 0 Å². The fraction of sp³-hybridized carbons (Fsp3) is 0.500. The molecule has 0 saturated heterocycles. The summed E-state index contributed by atoms with van der Waals surface area (Å²) in [5, 5.41) is 3.31. The highest BCUT2D eigenvalue weighted by molar-refractivity contribution is 5.44. The Bertz CT molecular complexity index is 307. The van der Waals surface area contributed by atoms with E-state index in [1.165, 1.54) is 0 Å². The summed E-state index contributed by atoms with van der Waals surface area (Å²) in [6, 6.07) is 6.03. The van der Waals surface area contributed by atoms with Gasteiger partial charge < -0.3 is 20.5 Å². The Morgan fingerprint density at radius 3 is 2.25 bits per heavy atom. The topological polar surface area (TPSA) is 56.5 Å². The normalized spacial score (nSPS) is 12.2. The highest BCUT2D eigenvalue weighted by Crippen LogP contribution is 2.27. The smallest absolute Gasteiger partial charge is 0.127 e. The highest BCUT2D eigenvalue weighted by atomic mass is 16.5. The molecule has 0 bridgehead atoms. The van der Waals surface area contributed by atoms with Gasteiger partial charge in [0.2, 0.25) is 0 Å². The highest BCUT2D eigenvalue weighted by Gasteiger charge is 2.10. The van der Waals surface area contributed by atoms with Crippen LogP contribution in [-0.4, -0.2) is 26.8 Å². The van der Waals surface area contributed by atoms with Crippen LogP contribution in [0, 0.1) is 0 Å². The van der Waals surface area contributed by atoms with Crippen molar-refractivity contribution >= 4 is 0 Å². The summed E-state index contributed by atoms with van der Waals surface area (Å²) in [7, 11) is 3.31. The Morgan fingerprint density at radius 1 is 1.25 bits per heavy atom. The van der Waals surface area contributed by atoms with E-state index in [9.17, 15) is 0 Å². The monoisotopic (exact) mass is 224 g/mol. The minimum atomic E-state index is 0.273. The molecule has 0 fully saturated rings. The number of nitrogens with one attached hydrogen (secondary N) is 1. The van der Waals surface area contributed by atoms with Crippen LogP contribution in [-0.2, 0) is 6.54 Å². The molecule has 1 aromatic carbocycles. The molecule has 0 amide bonds. The molecule has 4 heteroatoms. The van der Waals surface area contributed by atoms with E-state index in [0.717, 1.165) is 17.1 Å². The van der Waals surface area contributed by atoms with Crippen LogP contribution in [0.15, 0.2) is 18.2 Å². The number of hydrogen-bond donors (Lipinski definition) is 2. The predicted octanol–water partition coefficient (Wildman–Crippen LogP) is 1.14. The predicted molar refractivity (Wildman–Crippen MR) is 64.9 cm³/mol. The number of rotatable bonds is 6. The molecule has 16 heavy (non-hydrogen) atoms. The van der Waals surface area contributed by atoms with Gasteiger partial charge in [0.25, 0.3) is 0 Å². The van der Waals surface area contributed by atoms with Crippen LogP contribution in [0.3, 0.4) is 0 Å². The zero-order valence-electron chi connectivity index (χ0n) is 10.1. The molecule has 4 nitrogen and oxygen atoms in total. The summed E-state index contributed by atoms with van der Waals surface area (Å²) in [4.78, 5) is 0. The number of benzene rings is 1. The third-order valence-electron chi connectivity index (χ3n) is 2.51. The van der Waals surface area contributed by atoms with E-state index in [1.807, 2.05) is 25.1 Å². The van der Waals surface area contributed by atoms with Crippen LogP contribution in [0.5, 0.6) is 11.5 Å². The van der Waals surface area contributed by atoms with Crippen LogP contribution < -0.4 is 20.5 Å². The molecule has 0 radical (unpaired) electrons. The summed E-state index contributed by atoms with van der Waals surface area (Å²) in [5.41, 5.74) is 6.57. The Balaban J connectivity index is 2.82. The first-order valence-electron chi connectivity index (χ1n) is 5.36. The lowest BCUT2D eigenvalue weighted by atomic mass is 10.1. The molecule has 0 aromatic heterocycles. The van der Waals surface area contributed by atoms with Crippen molar-refractivity contribution in [2.24, 2.45) is 5.73 Å². The van der Waals surface area contributed by atoms with Gasteiger partial charge in [-0.15, -0.1) is 0 Å². The Labute approximate surface area is 96.7 Å². The van der Waals surface area contributed by atoms with E-state index < -0.39 is 0 Å². The summed E-state index contributed by atoms with van der Waals surface area (Å²) >= 11 is 0. The van der Waals surface area contributed by atoms with Crippen molar-refractivity contribution in [3.63, 3.8) is 0 Å². The van der Waals surface area contributed by atoms with E-state index in [4.69, 9.17) is 15.2 Å².